The first-order chi connectivity index (χ1) is 12.1. The van der Waals surface area contributed by atoms with Gasteiger partial charge in [0.2, 0.25) is 5.91 Å². The van der Waals surface area contributed by atoms with Gasteiger partial charge in [0.25, 0.3) is 0 Å². The van der Waals surface area contributed by atoms with Gasteiger partial charge in [-0.1, -0.05) is 30.3 Å². The lowest BCUT2D eigenvalue weighted by molar-refractivity contribution is -0.119. The Labute approximate surface area is 165 Å². The van der Waals surface area contributed by atoms with Crippen LogP contribution in [-0.4, -0.2) is 50.9 Å². The molecule has 1 atom stereocenters. The summed E-state index contributed by atoms with van der Waals surface area (Å²) >= 11 is 1.74. The van der Waals surface area contributed by atoms with Gasteiger partial charge in [-0.05, 0) is 32.3 Å². The lowest BCUT2D eigenvalue weighted by atomic mass is 9.98. The molecule has 140 valence electrons. The zero-order valence-electron chi connectivity index (χ0n) is 15.3. The smallest absolute Gasteiger partial charge is 0.235 e. The molecule has 2 aromatic carbocycles. The van der Waals surface area contributed by atoms with Crippen LogP contribution in [-0.2, 0) is 4.79 Å². The number of amides is 1. The van der Waals surface area contributed by atoms with Crippen molar-refractivity contribution in [1.29, 1.82) is 0 Å². The molecule has 1 aliphatic rings. The van der Waals surface area contributed by atoms with Crippen molar-refractivity contribution < 1.29 is 9.53 Å². The highest BCUT2D eigenvalue weighted by molar-refractivity contribution is 7.99. The fourth-order valence-corrected chi connectivity index (χ4v) is 4.23. The normalized spacial score (nSPS) is 16.7. The van der Waals surface area contributed by atoms with Crippen LogP contribution < -0.4 is 9.64 Å². The van der Waals surface area contributed by atoms with E-state index in [0.29, 0.717) is 12.3 Å². The van der Waals surface area contributed by atoms with Crippen LogP contribution in [0.3, 0.4) is 0 Å². The molecular formula is C20H25ClN2O2S. The Morgan fingerprint density at radius 3 is 2.58 bits per heavy atom. The molecule has 0 aliphatic carbocycles. The highest BCUT2D eigenvalue weighted by Crippen LogP contribution is 2.40. The zero-order chi connectivity index (χ0) is 17.8. The fraction of sp³-hybridized carbons (Fsp3) is 0.350. The third-order valence-electron chi connectivity index (χ3n) is 4.41. The van der Waals surface area contributed by atoms with E-state index in [1.807, 2.05) is 61.5 Å². The molecule has 0 spiro atoms. The molecule has 1 heterocycles. The Bertz CT molecular complexity index is 754. The van der Waals surface area contributed by atoms with Crippen molar-refractivity contribution in [3.63, 3.8) is 0 Å². The number of likely N-dealkylation sites (N-methyl/N-ethyl adjacent to an activating group) is 1. The minimum Gasteiger partial charge on any atom is -0.496 e. The number of rotatable bonds is 5. The number of fused-ring (bicyclic) bond motifs is 1. The van der Waals surface area contributed by atoms with Gasteiger partial charge in [0.05, 0.1) is 18.7 Å². The third kappa shape index (κ3) is 4.34. The van der Waals surface area contributed by atoms with Crippen molar-refractivity contribution in [3.8, 4) is 5.75 Å². The molecular weight excluding hydrogens is 368 g/mol. The van der Waals surface area contributed by atoms with Crippen molar-refractivity contribution in [3.05, 3.63) is 54.1 Å². The SMILES string of the molecule is COc1ccccc1C1CSc2ccccc2N(CCN(C)C)C1=O.Cl. The summed E-state index contributed by atoms with van der Waals surface area (Å²) in [6, 6.07) is 16.0. The van der Waals surface area contributed by atoms with Crippen LogP contribution in [0.15, 0.2) is 53.4 Å². The number of nitrogens with zero attached hydrogens (tertiary/aromatic N) is 2. The second kappa shape index (κ2) is 9.31. The lowest BCUT2D eigenvalue weighted by Gasteiger charge is -2.27. The van der Waals surface area contributed by atoms with Gasteiger partial charge in [-0.15, -0.1) is 24.2 Å². The van der Waals surface area contributed by atoms with E-state index in [-0.39, 0.29) is 24.2 Å². The second-order valence-electron chi connectivity index (χ2n) is 6.37. The summed E-state index contributed by atoms with van der Waals surface area (Å²) in [4.78, 5) is 18.6. The van der Waals surface area contributed by atoms with Gasteiger partial charge in [-0.2, -0.15) is 0 Å². The number of hydrogen-bond acceptors (Lipinski definition) is 4. The summed E-state index contributed by atoms with van der Waals surface area (Å²) in [5.41, 5.74) is 1.97. The molecule has 0 N–H and O–H groups in total. The highest BCUT2D eigenvalue weighted by Gasteiger charge is 2.33. The summed E-state index contributed by atoms with van der Waals surface area (Å²) in [6.45, 7) is 1.50. The van der Waals surface area contributed by atoms with E-state index in [2.05, 4.69) is 11.0 Å². The molecule has 2 aromatic rings. The van der Waals surface area contributed by atoms with E-state index in [4.69, 9.17) is 4.74 Å². The minimum absolute atomic E-state index is 0. The van der Waals surface area contributed by atoms with Gasteiger partial charge < -0.3 is 14.5 Å². The van der Waals surface area contributed by atoms with Crippen LogP contribution in [0, 0.1) is 0 Å². The molecule has 3 rings (SSSR count). The maximum absolute atomic E-state index is 13.4. The van der Waals surface area contributed by atoms with Gasteiger partial charge in [0, 0.05) is 29.3 Å². The first kappa shape index (κ1) is 20.6. The Balaban J connectivity index is 0.00000243. The monoisotopic (exact) mass is 392 g/mol. The molecule has 0 bridgehead atoms. The number of ether oxygens (including phenoxy) is 1. The second-order valence-corrected chi connectivity index (χ2v) is 7.43. The molecule has 0 radical (unpaired) electrons. The number of thioether (sulfide) groups is 1. The maximum atomic E-state index is 13.4. The maximum Gasteiger partial charge on any atom is 0.235 e. The molecule has 1 unspecified atom stereocenters. The number of carbonyl (C=O) groups excluding carboxylic acids is 1. The van der Waals surface area contributed by atoms with E-state index in [9.17, 15) is 4.79 Å². The highest BCUT2D eigenvalue weighted by atomic mass is 35.5. The van der Waals surface area contributed by atoms with Crippen molar-refractivity contribution in [1.82, 2.24) is 4.90 Å². The van der Waals surface area contributed by atoms with Gasteiger partial charge >= 0.3 is 0 Å². The van der Waals surface area contributed by atoms with Crippen molar-refractivity contribution in [2.75, 3.05) is 44.9 Å². The molecule has 0 aromatic heterocycles. The average molecular weight is 393 g/mol. The topological polar surface area (TPSA) is 32.8 Å². The first-order valence-corrected chi connectivity index (χ1v) is 9.41. The van der Waals surface area contributed by atoms with Crippen LogP contribution in [0.1, 0.15) is 11.5 Å². The Morgan fingerprint density at radius 2 is 1.85 bits per heavy atom. The van der Waals surface area contributed by atoms with E-state index in [1.165, 1.54) is 0 Å². The van der Waals surface area contributed by atoms with E-state index < -0.39 is 0 Å². The van der Waals surface area contributed by atoms with Crippen LogP contribution >= 0.6 is 24.2 Å². The van der Waals surface area contributed by atoms with E-state index in [0.717, 1.165) is 28.4 Å². The van der Waals surface area contributed by atoms with Gasteiger partial charge in [-0.3, -0.25) is 4.79 Å². The number of anilines is 1. The van der Waals surface area contributed by atoms with Gasteiger partial charge in [-0.25, -0.2) is 0 Å². The van der Waals surface area contributed by atoms with E-state index in [1.54, 1.807) is 18.9 Å². The first-order valence-electron chi connectivity index (χ1n) is 8.42. The molecule has 0 saturated carbocycles. The summed E-state index contributed by atoms with van der Waals surface area (Å²) in [7, 11) is 5.72. The van der Waals surface area contributed by atoms with Crippen LogP contribution in [0.2, 0.25) is 0 Å². The number of halogens is 1. The molecule has 0 fully saturated rings. The fourth-order valence-electron chi connectivity index (χ4n) is 3.06. The van der Waals surface area contributed by atoms with Crippen molar-refractivity contribution in [2.24, 2.45) is 0 Å². The third-order valence-corrected chi connectivity index (χ3v) is 5.57. The number of hydrogen-bond donors (Lipinski definition) is 0. The van der Waals surface area contributed by atoms with Crippen molar-refractivity contribution >= 4 is 35.8 Å². The Kier molecular flexibility index (Phi) is 7.38. The summed E-state index contributed by atoms with van der Waals surface area (Å²) in [5.74, 6) is 1.42. The summed E-state index contributed by atoms with van der Waals surface area (Å²) in [5, 5.41) is 0. The average Bonchev–Trinajstić information content (AvgIpc) is 2.76. The van der Waals surface area contributed by atoms with Gasteiger partial charge in [0.1, 0.15) is 5.75 Å². The molecule has 1 aliphatic heterocycles. The molecule has 1 amide bonds. The van der Waals surface area contributed by atoms with Crippen molar-refractivity contribution in [2.45, 2.75) is 10.8 Å². The van der Waals surface area contributed by atoms with E-state index >= 15 is 0 Å². The van der Waals surface area contributed by atoms with Gasteiger partial charge in [0.15, 0.2) is 0 Å². The molecule has 26 heavy (non-hydrogen) atoms. The standard InChI is InChI=1S/C20H24N2O2S.ClH/c1-21(2)12-13-22-17-9-5-7-11-19(17)25-14-16(20(22)23)15-8-4-6-10-18(15)24-3;/h4-11,16H,12-14H2,1-3H3;1H. The number of benzene rings is 2. The lowest BCUT2D eigenvalue weighted by Crippen LogP contribution is -2.39. The Hall–Kier alpha value is -1.69. The Morgan fingerprint density at radius 1 is 1.15 bits per heavy atom. The quantitative estimate of drug-likeness (QED) is 0.772. The molecule has 4 nitrogen and oxygen atoms in total. The number of methoxy groups -OCH3 is 1. The van der Waals surface area contributed by atoms with Crippen LogP contribution in [0.25, 0.3) is 0 Å². The predicted octanol–water partition coefficient (Wildman–Crippen LogP) is 3.90. The minimum atomic E-state index is -0.212. The predicted molar refractivity (Wildman–Crippen MR) is 111 cm³/mol. The summed E-state index contributed by atoms with van der Waals surface area (Å²) in [6.07, 6.45) is 0. The molecule has 6 heteroatoms. The number of carbonyl (C=O) groups is 1. The zero-order valence-corrected chi connectivity index (χ0v) is 17.0. The van der Waals surface area contributed by atoms with Crippen LogP contribution in [0.4, 0.5) is 5.69 Å². The van der Waals surface area contributed by atoms with Crippen LogP contribution in [0.5, 0.6) is 5.75 Å². The number of para-hydroxylation sites is 2. The summed E-state index contributed by atoms with van der Waals surface area (Å²) < 4.78 is 5.51. The largest absolute Gasteiger partial charge is 0.496 e. The molecule has 0 saturated heterocycles.